The first-order valence-electron chi connectivity index (χ1n) is 8.11. The lowest BCUT2D eigenvalue weighted by Gasteiger charge is -2.34. The summed E-state index contributed by atoms with van der Waals surface area (Å²) in [5.74, 6) is 0. The molecule has 1 saturated carbocycles. The largest absolute Gasteiger partial charge is 0.380 e. The number of benzene rings is 1. The highest BCUT2D eigenvalue weighted by molar-refractivity contribution is 6.30. The molecule has 2 amide bonds. The van der Waals surface area contributed by atoms with Gasteiger partial charge in [0.15, 0.2) is 0 Å². The average molecular weight is 325 g/mol. The van der Waals surface area contributed by atoms with E-state index in [2.05, 4.69) is 5.32 Å². The molecule has 0 heterocycles. The third-order valence-corrected chi connectivity index (χ3v) is 4.27. The summed E-state index contributed by atoms with van der Waals surface area (Å²) >= 11 is 5.97. The summed E-state index contributed by atoms with van der Waals surface area (Å²) < 4.78 is 5.43. The number of hydrogen-bond donors (Lipinski definition) is 1. The van der Waals surface area contributed by atoms with Gasteiger partial charge >= 0.3 is 6.03 Å². The lowest BCUT2D eigenvalue weighted by atomic mass is 9.94. The summed E-state index contributed by atoms with van der Waals surface area (Å²) in [5.41, 5.74) is 0.731. The highest BCUT2D eigenvalue weighted by Crippen LogP contribution is 2.23. The molecule has 2 rings (SSSR count). The quantitative estimate of drug-likeness (QED) is 0.780. The molecule has 0 saturated heterocycles. The Hall–Kier alpha value is -1.26. The monoisotopic (exact) mass is 324 g/mol. The van der Waals surface area contributed by atoms with Crippen LogP contribution >= 0.6 is 11.6 Å². The van der Waals surface area contributed by atoms with Gasteiger partial charge in [-0.1, -0.05) is 36.9 Å². The normalized spacial score (nSPS) is 15.5. The molecule has 1 aliphatic rings. The van der Waals surface area contributed by atoms with E-state index in [1.54, 1.807) is 12.1 Å². The predicted molar refractivity (Wildman–Crippen MR) is 90.5 cm³/mol. The fraction of sp³-hybridized carbons (Fsp3) is 0.588. The van der Waals surface area contributed by atoms with Gasteiger partial charge in [0.2, 0.25) is 0 Å². The fourth-order valence-corrected chi connectivity index (χ4v) is 3.10. The van der Waals surface area contributed by atoms with Crippen LogP contribution < -0.4 is 5.32 Å². The number of carbonyl (C=O) groups is 1. The zero-order valence-electron chi connectivity index (χ0n) is 13.2. The van der Waals surface area contributed by atoms with Crippen molar-refractivity contribution in [1.82, 2.24) is 4.90 Å². The third kappa shape index (κ3) is 5.18. The summed E-state index contributed by atoms with van der Waals surface area (Å²) in [6.07, 6.45) is 5.82. The number of carbonyl (C=O) groups excluding carboxylic acids is 1. The van der Waals surface area contributed by atoms with Crippen LogP contribution in [0.5, 0.6) is 0 Å². The number of nitrogens with one attached hydrogen (secondary N) is 1. The Morgan fingerprint density at radius 2 is 2.14 bits per heavy atom. The lowest BCUT2D eigenvalue weighted by Crippen LogP contribution is -2.45. The molecule has 122 valence electrons. The molecule has 0 unspecified atom stereocenters. The Bertz CT molecular complexity index is 475. The van der Waals surface area contributed by atoms with E-state index in [9.17, 15) is 4.79 Å². The third-order valence-electron chi connectivity index (χ3n) is 4.03. The fourth-order valence-electron chi connectivity index (χ4n) is 2.91. The summed E-state index contributed by atoms with van der Waals surface area (Å²) in [5, 5.41) is 3.58. The molecule has 5 heteroatoms. The second kappa shape index (κ2) is 9.01. The van der Waals surface area contributed by atoms with E-state index in [1.807, 2.05) is 24.0 Å². The van der Waals surface area contributed by atoms with Crippen molar-refractivity contribution in [3.05, 3.63) is 29.3 Å². The molecule has 0 spiro atoms. The van der Waals surface area contributed by atoms with Gasteiger partial charge < -0.3 is 15.0 Å². The van der Waals surface area contributed by atoms with Crippen LogP contribution in [0.4, 0.5) is 10.5 Å². The lowest BCUT2D eigenvalue weighted by molar-refractivity contribution is 0.100. The number of hydrogen-bond acceptors (Lipinski definition) is 2. The minimum absolute atomic E-state index is 0.0612. The highest BCUT2D eigenvalue weighted by Gasteiger charge is 2.25. The summed E-state index contributed by atoms with van der Waals surface area (Å²) in [7, 11) is 0. The van der Waals surface area contributed by atoms with Crippen LogP contribution in [0.15, 0.2) is 24.3 Å². The molecular formula is C17H25ClN2O2. The summed E-state index contributed by atoms with van der Waals surface area (Å²) in [6, 6.07) is 7.50. The van der Waals surface area contributed by atoms with E-state index < -0.39 is 0 Å². The number of nitrogens with zero attached hydrogens (tertiary/aromatic N) is 1. The number of ether oxygens (including phenoxy) is 1. The van der Waals surface area contributed by atoms with E-state index in [-0.39, 0.29) is 6.03 Å². The maximum Gasteiger partial charge on any atom is 0.322 e. The first-order valence-corrected chi connectivity index (χ1v) is 8.49. The van der Waals surface area contributed by atoms with Crippen molar-refractivity contribution >= 4 is 23.3 Å². The zero-order chi connectivity index (χ0) is 15.8. The molecule has 0 radical (unpaired) electrons. The molecule has 0 bridgehead atoms. The Morgan fingerprint density at radius 1 is 1.36 bits per heavy atom. The maximum atomic E-state index is 12.6. The van der Waals surface area contributed by atoms with Gasteiger partial charge in [-0.05, 0) is 38.0 Å². The van der Waals surface area contributed by atoms with Gasteiger partial charge in [0.1, 0.15) is 0 Å². The molecule has 1 aromatic rings. The van der Waals surface area contributed by atoms with Crippen LogP contribution in [-0.2, 0) is 4.74 Å². The van der Waals surface area contributed by atoms with Gasteiger partial charge in [-0.25, -0.2) is 4.79 Å². The molecule has 1 aromatic carbocycles. The van der Waals surface area contributed by atoms with Crippen LogP contribution in [-0.4, -0.2) is 36.7 Å². The number of rotatable bonds is 6. The number of urea groups is 1. The summed E-state index contributed by atoms with van der Waals surface area (Å²) in [6.45, 7) is 3.85. The molecule has 1 N–H and O–H groups in total. The molecule has 0 aromatic heterocycles. The minimum Gasteiger partial charge on any atom is -0.380 e. The first kappa shape index (κ1) is 17.1. The minimum atomic E-state index is -0.0612. The van der Waals surface area contributed by atoms with Gasteiger partial charge in [0, 0.05) is 29.9 Å². The average Bonchev–Trinajstić information content (AvgIpc) is 2.52. The summed E-state index contributed by atoms with van der Waals surface area (Å²) in [4.78, 5) is 14.6. The second-order valence-electron chi connectivity index (χ2n) is 5.62. The molecule has 0 atom stereocenters. The molecule has 1 fully saturated rings. The van der Waals surface area contributed by atoms with Crippen molar-refractivity contribution in [2.24, 2.45) is 0 Å². The molecule has 1 aliphatic carbocycles. The van der Waals surface area contributed by atoms with Crippen molar-refractivity contribution in [2.75, 3.05) is 25.1 Å². The van der Waals surface area contributed by atoms with E-state index in [0.717, 1.165) is 18.5 Å². The van der Waals surface area contributed by atoms with Crippen LogP contribution in [0.1, 0.15) is 39.0 Å². The van der Waals surface area contributed by atoms with Crippen molar-refractivity contribution in [3.63, 3.8) is 0 Å². The maximum absolute atomic E-state index is 12.6. The van der Waals surface area contributed by atoms with Crippen molar-refractivity contribution in [3.8, 4) is 0 Å². The van der Waals surface area contributed by atoms with E-state index >= 15 is 0 Å². The Balaban J connectivity index is 2.00. The van der Waals surface area contributed by atoms with E-state index in [0.29, 0.717) is 30.8 Å². The van der Waals surface area contributed by atoms with Crippen molar-refractivity contribution in [2.45, 2.75) is 45.1 Å². The smallest absolute Gasteiger partial charge is 0.322 e. The van der Waals surface area contributed by atoms with E-state index in [1.165, 1.54) is 19.3 Å². The van der Waals surface area contributed by atoms with Crippen LogP contribution in [0.2, 0.25) is 5.02 Å². The topological polar surface area (TPSA) is 41.6 Å². The molecular weight excluding hydrogens is 300 g/mol. The van der Waals surface area contributed by atoms with Gasteiger partial charge in [-0.15, -0.1) is 0 Å². The predicted octanol–water partition coefficient (Wildman–Crippen LogP) is 4.54. The van der Waals surface area contributed by atoms with Crippen molar-refractivity contribution in [1.29, 1.82) is 0 Å². The number of halogens is 1. The standard InChI is InChI=1S/C17H25ClN2O2/c1-2-22-12-11-20(16-9-4-3-5-10-16)17(21)19-15-8-6-7-14(18)13-15/h6-8,13,16H,2-5,9-12H2,1H3,(H,19,21). The van der Waals surface area contributed by atoms with Gasteiger partial charge in [0.05, 0.1) is 6.61 Å². The van der Waals surface area contributed by atoms with Gasteiger partial charge in [-0.2, -0.15) is 0 Å². The van der Waals surface area contributed by atoms with Gasteiger partial charge in [0.25, 0.3) is 0 Å². The SMILES string of the molecule is CCOCCN(C(=O)Nc1cccc(Cl)c1)C1CCCCC1. The molecule has 0 aliphatic heterocycles. The van der Waals surface area contributed by atoms with Crippen LogP contribution in [0.25, 0.3) is 0 Å². The molecule has 4 nitrogen and oxygen atoms in total. The first-order chi connectivity index (χ1) is 10.7. The second-order valence-corrected chi connectivity index (χ2v) is 6.06. The molecule has 22 heavy (non-hydrogen) atoms. The van der Waals surface area contributed by atoms with Crippen molar-refractivity contribution < 1.29 is 9.53 Å². The number of amides is 2. The zero-order valence-corrected chi connectivity index (χ0v) is 13.9. The Morgan fingerprint density at radius 3 is 2.82 bits per heavy atom. The van der Waals surface area contributed by atoms with Crippen LogP contribution in [0.3, 0.4) is 0 Å². The Labute approximate surface area is 137 Å². The Kier molecular flexibility index (Phi) is 7.00. The van der Waals surface area contributed by atoms with E-state index in [4.69, 9.17) is 16.3 Å². The number of anilines is 1. The van der Waals surface area contributed by atoms with Crippen LogP contribution in [0, 0.1) is 0 Å². The highest BCUT2D eigenvalue weighted by atomic mass is 35.5. The van der Waals surface area contributed by atoms with Gasteiger partial charge in [-0.3, -0.25) is 0 Å².